The molecule has 1 fully saturated rings. The first-order valence-corrected chi connectivity index (χ1v) is 9.53. The molecule has 2 heterocycles. The third kappa shape index (κ3) is 5.05. The van der Waals surface area contributed by atoms with E-state index in [0.717, 1.165) is 6.07 Å². The highest BCUT2D eigenvalue weighted by atomic mass is 35.5. The Hall–Kier alpha value is -2.51. The number of anilines is 2. The lowest BCUT2D eigenvalue weighted by Crippen LogP contribution is -2.47. The molecule has 0 radical (unpaired) electrons. The first-order valence-electron chi connectivity index (χ1n) is 9.16. The molecule has 1 aliphatic rings. The van der Waals surface area contributed by atoms with Gasteiger partial charge in [-0.3, -0.25) is 14.5 Å². The standard InChI is InChI=1S/C20H22ClFN4O2/c1-13(19(27)24-17-6-5-15(21)12-16(17)22)26-10-7-14(8-11-26)20(28)25-18-4-2-3-9-23-18/h2-6,9,12-14H,7-8,10-11H2,1H3,(H,24,27)(H,23,25,28). The number of halogens is 2. The SMILES string of the molecule is CC(C(=O)Nc1ccc(Cl)cc1F)N1CCC(C(=O)Nc2ccccn2)CC1. The van der Waals surface area contributed by atoms with Crippen molar-refractivity contribution in [1.29, 1.82) is 0 Å². The Morgan fingerprint density at radius 3 is 2.61 bits per heavy atom. The molecule has 1 aromatic carbocycles. The summed E-state index contributed by atoms with van der Waals surface area (Å²) >= 11 is 5.73. The molecule has 0 spiro atoms. The third-order valence-electron chi connectivity index (χ3n) is 4.93. The quantitative estimate of drug-likeness (QED) is 0.799. The molecular weight excluding hydrogens is 383 g/mol. The Balaban J connectivity index is 1.51. The maximum absolute atomic E-state index is 13.9. The van der Waals surface area contributed by atoms with Crippen molar-refractivity contribution in [2.45, 2.75) is 25.8 Å². The van der Waals surface area contributed by atoms with Crippen molar-refractivity contribution in [2.24, 2.45) is 5.92 Å². The predicted molar refractivity (Wildman–Crippen MR) is 107 cm³/mol. The van der Waals surface area contributed by atoms with Crippen LogP contribution in [0, 0.1) is 11.7 Å². The minimum atomic E-state index is -0.571. The number of nitrogens with zero attached hydrogens (tertiary/aromatic N) is 2. The predicted octanol–water partition coefficient (Wildman–Crippen LogP) is 3.55. The summed E-state index contributed by atoms with van der Waals surface area (Å²) in [4.78, 5) is 30.9. The van der Waals surface area contributed by atoms with E-state index < -0.39 is 11.9 Å². The lowest BCUT2D eigenvalue weighted by molar-refractivity contribution is -0.123. The smallest absolute Gasteiger partial charge is 0.241 e. The highest BCUT2D eigenvalue weighted by Crippen LogP contribution is 2.22. The molecule has 0 saturated carbocycles. The molecular formula is C20H22ClFN4O2. The van der Waals surface area contributed by atoms with E-state index in [0.29, 0.717) is 31.7 Å². The largest absolute Gasteiger partial charge is 0.322 e. The Morgan fingerprint density at radius 2 is 1.96 bits per heavy atom. The van der Waals surface area contributed by atoms with Gasteiger partial charge in [-0.1, -0.05) is 17.7 Å². The fraction of sp³-hybridized carbons (Fsp3) is 0.350. The van der Waals surface area contributed by atoms with Crippen molar-refractivity contribution in [3.8, 4) is 0 Å². The number of amides is 2. The number of hydrogen-bond acceptors (Lipinski definition) is 4. The molecule has 28 heavy (non-hydrogen) atoms. The molecule has 2 N–H and O–H groups in total. The topological polar surface area (TPSA) is 74.3 Å². The lowest BCUT2D eigenvalue weighted by atomic mass is 9.95. The molecule has 1 saturated heterocycles. The van der Waals surface area contributed by atoms with Crippen LogP contribution in [0.3, 0.4) is 0 Å². The van der Waals surface area contributed by atoms with Gasteiger partial charge < -0.3 is 10.6 Å². The van der Waals surface area contributed by atoms with Crippen LogP contribution in [-0.2, 0) is 9.59 Å². The van der Waals surface area contributed by atoms with E-state index in [-0.39, 0.29) is 28.4 Å². The second kappa shape index (κ2) is 9.12. The van der Waals surface area contributed by atoms with Gasteiger partial charge in [0.25, 0.3) is 0 Å². The van der Waals surface area contributed by atoms with Gasteiger partial charge in [0.05, 0.1) is 11.7 Å². The van der Waals surface area contributed by atoms with Gasteiger partial charge >= 0.3 is 0 Å². The molecule has 6 nitrogen and oxygen atoms in total. The number of carbonyl (C=O) groups is 2. The van der Waals surface area contributed by atoms with Crippen LogP contribution in [0.15, 0.2) is 42.6 Å². The van der Waals surface area contributed by atoms with Crippen LogP contribution in [0.5, 0.6) is 0 Å². The van der Waals surface area contributed by atoms with Crippen LogP contribution < -0.4 is 10.6 Å². The first kappa shape index (κ1) is 20.2. The van der Waals surface area contributed by atoms with Crippen LogP contribution in [-0.4, -0.2) is 40.8 Å². The fourth-order valence-corrected chi connectivity index (χ4v) is 3.37. The van der Waals surface area contributed by atoms with E-state index in [2.05, 4.69) is 15.6 Å². The normalized spacial score (nSPS) is 16.4. The molecule has 3 rings (SSSR count). The van der Waals surface area contributed by atoms with Crippen LogP contribution in [0.4, 0.5) is 15.9 Å². The van der Waals surface area contributed by atoms with Gasteiger partial charge in [-0.05, 0) is 63.2 Å². The minimum Gasteiger partial charge on any atom is -0.322 e. The molecule has 1 atom stereocenters. The number of pyridine rings is 1. The zero-order valence-electron chi connectivity index (χ0n) is 15.5. The average Bonchev–Trinajstić information content (AvgIpc) is 2.70. The number of benzene rings is 1. The van der Waals surface area contributed by atoms with E-state index >= 15 is 0 Å². The molecule has 0 bridgehead atoms. The van der Waals surface area contributed by atoms with Gasteiger partial charge in [-0.15, -0.1) is 0 Å². The molecule has 2 aromatic rings. The summed E-state index contributed by atoms with van der Waals surface area (Å²) in [6.45, 7) is 2.99. The highest BCUT2D eigenvalue weighted by molar-refractivity contribution is 6.30. The van der Waals surface area contributed by atoms with Crippen LogP contribution in [0.25, 0.3) is 0 Å². The number of hydrogen-bond donors (Lipinski definition) is 2. The number of aromatic nitrogens is 1. The first-order chi connectivity index (χ1) is 13.4. The molecule has 8 heteroatoms. The fourth-order valence-electron chi connectivity index (χ4n) is 3.21. The molecule has 1 aliphatic heterocycles. The summed E-state index contributed by atoms with van der Waals surface area (Å²) in [6, 6.07) is 9.04. The summed E-state index contributed by atoms with van der Waals surface area (Å²) in [6.07, 6.45) is 2.92. The van der Waals surface area contributed by atoms with Crippen molar-refractivity contribution >= 4 is 34.9 Å². The number of likely N-dealkylation sites (tertiary alicyclic amines) is 1. The van der Waals surface area contributed by atoms with Crippen molar-refractivity contribution < 1.29 is 14.0 Å². The number of carbonyl (C=O) groups excluding carboxylic acids is 2. The van der Waals surface area contributed by atoms with Crippen LogP contribution >= 0.6 is 11.6 Å². The lowest BCUT2D eigenvalue weighted by Gasteiger charge is -2.34. The highest BCUT2D eigenvalue weighted by Gasteiger charge is 2.30. The molecule has 148 valence electrons. The molecule has 0 aliphatic carbocycles. The Labute approximate surface area is 168 Å². The van der Waals surface area contributed by atoms with E-state index in [1.54, 1.807) is 25.3 Å². The summed E-state index contributed by atoms with van der Waals surface area (Å²) in [5.41, 5.74) is 0.103. The maximum atomic E-state index is 13.9. The van der Waals surface area contributed by atoms with Crippen molar-refractivity contribution in [3.63, 3.8) is 0 Å². The zero-order chi connectivity index (χ0) is 20.1. The summed E-state index contributed by atoms with van der Waals surface area (Å²) < 4.78 is 13.9. The molecule has 1 unspecified atom stereocenters. The maximum Gasteiger partial charge on any atom is 0.241 e. The van der Waals surface area contributed by atoms with E-state index in [1.165, 1.54) is 12.1 Å². The third-order valence-corrected chi connectivity index (χ3v) is 5.17. The van der Waals surface area contributed by atoms with Crippen molar-refractivity contribution in [3.05, 3.63) is 53.4 Å². The summed E-state index contributed by atoms with van der Waals surface area (Å²) in [7, 11) is 0. The van der Waals surface area contributed by atoms with Gasteiger partial charge in [0.15, 0.2) is 0 Å². The number of rotatable bonds is 5. The molecule has 2 amide bonds. The van der Waals surface area contributed by atoms with Gasteiger partial charge in [0.1, 0.15) is 11.6 Å². The van der Waals surface area contributed by atoms with E-state index in [4.69, 9.17) is 11.6 Å². The average molecular weight is 405 g/mol. The van der Waals surface area contributed by atoms with Gasteiger partial charge in [-0.25, -0.2) is 9.37 Å². The second-order valence-corrected chi connectivity index (χ2v) is 7.24. The van der Waals surface area contributed by atoms with E-state index in [9.17, 15) is 14.0 Å². The van der Waals surface area contributed by atoms with Crippen molar-refractivity contribution in [2.75, 3.05) is 23.7 Å². The van der Waals surface area contributed by atoms with Gasteiger partial charge in [0, 0.05) is 17.1 Å². The van der Waals surface area contributed by atoms with Crippen LogP contribution in [0.1, 0.15) is 19.8 Å². The number of nitrogens with one attached hydrogen (secondary N) is 2. The Morgan fingerprint density at radius 1 is 1.21 bits per heavy atom. The van der Waals surface area contributed by atoms with Gasteiger partial charge in [0.2, 0.25) is 11.8 Å². The molecule has 1 aromatic heterocycles. The van der Waals surface area contributed by atoms with Gasteiger partial charge in [-0.2, -0.15) is 0 Å². The van der Waals surface area contributed by atoms with Crippen molar-refractivity contribution in [1.82, 2.24) is 9.88 Å². The Kier molecular flexibility index (Phi) is 6.59. The number of piperidine rings is 1. The summed E-state index contributed by atoms with van der Waals surface area (Å²) in [5, 5.41) is 5.69. The minimum absolute atomic E-state index is 0.0568. The second-order valence-electron chi connectivity index (χ2n) is 6.80. The zero-order valence-corrected chi connectivity index (χ0v) is 16.2. The van der Waals surface area contributed by atoms with E-state index in [1.807, 2.05) is 11.0 Å². The van der Waals surface area contributed by atoms with Crippen LogP contribution in [0.2, 0.25) is 5.02 Å². The monoisotopic (exact) mass is 404 g/mol. The Bertz CT molecular complexity index is 841. The summed E-state index contributed by atoms with van der Waals surface area (Å²) in [5.74, 6) is -0.510.